The topological polar surface area (TPSA) is 148 Å². The van der Waals surface area contributed by atoms with E-state index in [1.807, 2.05) is 18.2 Å². The number of hydrogen-bond acceptors (Lipinski definition) is 8. The number of para-hydroxylation sites is 1. The minimum atomic E-state index is -0.894. The molecule has 0 bridgehead atoms. The van der Waals surface area contributed by atoms with Gasteiger partial charge >= 0.3 is 5.69 Å². The van der Waals surface area contributed by atoms with Crippen molar-refractivity contribution in [3.05, 3.63) is 84.3 Å². The van der Waals surface area contributed by atoms with Crippen molar-refractivity contribution >= 4 is 45.5 Å². The summed E-state index contributed by atoms with van der Waals surface area (Å²) in [5.41, 5.74) is 0.507. The van der Waals surface area contributed by atoms with Gasteiger partial charge in [-0.15, -0.1) is 11.3 Å². The van der Waals surface area contributed by atoms with Crippen LogP contribution in [0.1, 0.15) is 53.6 Å². The fourth-order valence-corrected chi connectivity index (χ4v) is 5.72. The second-order valence-electron chi connectivity index (χ2n) is 9.98. The summed E-state index contributed by atoms with van der Waals surface area (Å²) in [6, 6.07) is 10.7. The number of aliphatic imine (C=N–C) groups is 1. The van der Waals surface area contributed by atoms with Crippen LogP contribution in [0.3, 0.4) is 0 Å². The Balaban J connectivity index is 1.78. The number of rotatable bonds is 6. The van der Waals surface area contributed by atoms with E-state index in [0.29, 0.717) is 34.7 Å². The molecule has 11 heteroatoms. The molecular weight excluding hydrogens is 496 g/mol. The lowest BCUT2D eigenvalue weighted by Gasteiger charge is -2.33. The Hall–Kier alpha value is -4.12. The average molecular weight is 523 g/mol. The molecule has 1 aliphatic carbocycles. The number of phenolic OH excluding ortho intramolecular Hbond substituents is 1. The van der Waals surface area contributed by atoms with Gasteiger partial charge in [-0.2, -0.15) is 0 Å². The quantitative estimate of drug-likeness (QED) is 0.217. The van der Waals surface area contributed by atoms with E-state index in [2.05, 4.69) is 31.1 Å². The largest absolute Gasteiger partial charge is 0.502 e. The summed E-state index contributed by atoms with van der Waals surface area (Å²) >= 11 is 1.36. The number of hydrogen-bond donors (Lipinski definition) is 2. The molecule has 0 spiro atoms. The maximum atomic E-state index is 13.4. The highest BCUT2D eigenvalue weighted by Crippen LogP contribution is 2.45. The molecule has 0 aliphatic heterocycles. The van der Waals surface area contributed by atoms with Gasteiger partial charge in [-0.3, -0.25) is 25.0 Å². The van der Waals surface area contributed by atoms with E-state index in [1.54, 1.807) is 12.1 Å². The predicted molar refractivity (Wildman–Crippen MR) is 142 cm³/mol. The lowest BCUT2D eigenvalue weighted by atomic mass is 9.72. The molecule has 1 amide bonds. The summed E-state index contributed by atoms with van der Waals surface area (Å²) < 4.78 is 0. The van der Waals surface area contributed by atoms with Gasteiger partial charge in [0.25, 0.3) is 11.6 Å². The molecule has 10 nitrogen and oxygen atoms in total. The van der Waals surface area contributed by atoms with Crippen LogP contribution in [0.4, 0.5) is 22.1 Å². The van der Waals surface area contributed by atoms with E-state index in [1.165, 1.54) is 11.3 Å². The number of fused-ring (bicyclic) bond motifs is 1. The number of nitro groups is 2. The van der Waals surface area contributed by atoms with Gasteiger partial charge in [-0.25, -0.2) is 4.99 Å². The molecule has 0 saturated carbocycles. The lowest BCUT2D eigenvalue weighted by molar-refractivity contribution is -0.394. The van der Waals surface area contributed by atoms with Gasteiger partial charge < -0.3 is 10.4 Å². The molecule has 1 aromatic heterocycles. The van der Waals surface area contributed by atoms with Crippen molar-refractivity contribution in [1.29, 1.82) is 0 Å². The number of phenols is 1. The zero-order valence-electron chi connectivity index (χ0n) is 20.6. The minimum absolute atomic E-state index is 0.0886. The van der Waals surface area contributed by atoms with Crippen molar-refractivity contribution < 1.29 is 19.7 Å². The number of carbonyl (C=O) groups excluding carboxylic acids is 1. The number of nitrogens with zero attached hydrogens (tertiary/aromatic N) is 3. The molecule has 0 radical (unpaired) electrons. The first-order valence-electron chi connectivity index (χ1n) is 11.7. The summed E-state index contributed by atoms with van der Waals surface area (Å²) in [7, 11) is 0. The molecule has 0 saturated heterocycles. The number of anilines is 1. The summed E-state index contributed by atoms with van der Waals surface area (Å²) in [5.74, 6) is -0.646. The standard InChI is InChI=1S/C26H26N4O6S/c1-26(2,3)16-9-10-19-21(12-16)37-25(22(19)24(32)28-17-7-5-4-6-8-17)27-14-15-11-18(29(33)34)13-20(23(15)31)30(35)36/h4-8,11,13-14,16,31H,9-10,12H2,1-3H3,(H,28,32)/t16-/m1/s1. The highest BCUT2D eigenvalue weighted by Gasteiger charge is 2.34. The highest BCUT2D eigenvalue weighted by atomic mass is 32.1. The third kappa shape index (κ3) is 5.51. The number of thiophene rings is 1. The van der Waals surface area contributed by atoms with Crippen LogP contribution in [0.15, 0.2) is 47.5 Å². The average Bonchev–Trinajstić information content (AvgIpc) is 3.21. The third-order valence-electron chi connectivity index (χ3n) is 6.56. The lowest BCUT2D eigenvalue weighted by Crippen LogP contribution is -2.27. The fraction of sp³-hybridized carbons (Fsp3) is 0.308. The Morgan fingerprint density at radius 2 is 1.86 bits per heavy atom. The third-order valence-corrected chi connectivity index (χ3v) is 7.72. The monoisotopic (exact) mass is 522 g/mol. The first-order valence-corrected chi connectivity index (χ1v) is 12.5. The van der Waals surface area contributed by atoms with Gasteiger partial charge in [0.1, 0.15) is 5.00 Å². The fourth-order valence-electron chi connectivity index (χ4n) is 4.45. The molecule has 1 heterocycles. The predicted octanol–water partition coefficient (Wildman–Crippen LogP) is 6.42. The number of non-ortho nitro benzene ring substituents is 1. The molecule has 2 aromatic carbocycles. The summed E-state index contributed by atoms with van der Waals surface area (Å²) in [6.45, 7) is 6.57. The van der Waals surface area contributed by atoms with Gasteiger partial charge in [-0.05, 0) is 48.3 Å². The maximum absolute atomic E-state index is 13.4. The van der Waals surface area contributed by atoms with Crippen LogP contribution in [-0.4, -0.2) is 27.1 Å². The normalized spacial score (nSPS) is 15.4. The molecule has 192 valence electrons. The second-order valence-corrected chi connectivity index (χ2v) is 11.1. The zero-order chi connectivity index (χ0) is 26.9. The molecule has 3 aromatic rings. The first-order chi connectivity index (χ1) is 17.5. The summed E-state index contributed by atoms with van der Waals surface area (Å²) in [6.07, 6.45) is 3.54. The van der Waals surface area contributed by atoms with E-state index >= 15 is 0 Å². The maximum Gasteiger partial charge on any atom is 0.318 e. The van der Waals surface area contributed by atoms with Gasteiger partial charge in [-0.1, -0.05) is 39.0 Å². The number of carbonyl (C=O) groups is 1. The van der Waals surface area contributed by atoms with Crippen LogP contribution in [0, 0.1) is 31.6 Å². The van der Waals surface area contributed by atoms with E-state index in [9.17, 15) is 30.1 Å². The van der Waals surface area contributed by atoms with Gasteiger partial charge in [0.15, 0.2) is 0 Å². The van der Waals surface area contributed by atoms with Crippen molar-refractivity contribution in [2.75, 3.05) is 5.32 Å². The number of benzene rings is 2. The smallest absolute Gasteiger partial charge is 0.318 e. The van der Waals surface area contributed by atoms with Crippen molar-refractivity contribution in [2.24, 2.45) is 16.3 Å². The Morgan fingerprint density at radius 3 is 2.49 bits per heavy atom. The molecular formula is C26H26N4O6S. The van der Waals surface area contributed by atoms with E-state index in [-0.39, 0.29) is 16.9 Å². The Labute approximate surface area is 217 Å². The van der Waals surface area contributed by atoms with E-state index < -0.39 is 27.0 Å². The number of nitrogens with one attached hydrogen (secondary N) is 1. The zero-order valence-corrected chi connectivity index (χ0v) is 21.4. The van der Waals surface area contributed by atoms with Gasteiger partial charge in [0.2, 0.25) is 5.75 Å². The number of nitro benzene ring substituents is 2. The number of amides is 1. The van der Waals surface area contributed by atoms with Crippen LogP contribution >= 0.6 is 11.3 Å². The van der Waals surface area contributed by atoms with Crippen LogP contribution in [0.2, 0.25) is 0 Å². The molecule has 0 unspecified atom stereocenters. The van der Waals surface area contributed by atoms with E-state index in [0.717, 1.165) is 35.6 Å². The molecule has 1 aliphatic rings. The Morgan fingerprint density at radius 1 is 1.16 bits per heavy atom. The molecule has 37 heavy (non-hydrogen) atoms. The van der Waals surface area contributed by atoms with Crippen molar-refractivity contribution in [3.8, 4) is 5.75 Å². The molecule has 2 N–H and O–H groups in total. The molecule has 0 fully saturated rings. The van der Waals surface area contributed by atoms with Crippen molar-refractivity contribution in [2.45, 2.75) is 40.0 Å². The Kier molecular flexibility index (Phi) is 7.08. The first kappa shape index (κ1) is 26.0. The molecule has 4 rings (SSSR count). The van der Waals surface area contributed by atoms with E-state index in [4.69, 9.17) is 0 Å². The summed E-state index contributed by atoms with van der Waals surface area (Å²) in [5, 5.41) is 36.2. The highest BCUT2D eigenvalue weighted by molar-refractivity contribution is 7.16. The Bertz CT molecular complexity index is 1410. The number of aromatic hydroxyl groups is 1. The van der Waals surface area contributed by atoms with Crippen LogP contribution < -0.4 is 5.32 Å². The molecule has 1 atom stereocenters. The minimum Gasteiger partial charge on any atom is -0.502 e. The van der Waals surface area contributed by atoms with Gasteiger partial charge in [0, 0.05) is 28.4 Å². The van der Waals surface area contributed by atoms with Crippen molar-refractivity contribution in [3.63, 3.8) is 0 Å². The van der Waals surface area contributed by atoms with Gasteiger partial charge in [0.05, 0.1) is 21.5 Å². The summed E-state index contributed by atoms with van der Waals surface area (Å²) in [4.78, 5) is 39.8. The SMILES string of the molecule is CC(C)(C)[C@@H]1CCc2c(sc(N=Cc3cc([N+](=O)[O-])cc([N+](=O)[O-])c3O)c2C(=O)Nc2ccccc2)C1. The van der Waals surface area contributed by atoms with Crippen LogP contribution in [-0.2, 0) is 12.8 Å². The second kappa shape index (κ2) is 10.1. The van der Waals surface area contributed by atoms with Crippen LogP contribution in [0.5, 0.6) is 5.75 Å². The van der Waals surface area contributed by atoms with Crippen molar-refractivity contribution in [1.82, 2.24) is 0 Å². The van der Waals surface area contributed by atoms with Crippen LogP contribution in [0.25, 0.3) is 0 Å².